The second kappa shape index (κ2) is 8.68. The first-order valence-corrected chi connectivity index (χ1v) is 11.2. The Hall–Kier alpha value is -1.17. The summed E-state index contributed by atoms with van der Waals surface area (Å²) < 4.78 is 0. The smallest absolute Gasteiger partial charge is 0.252 e. The van der Waals surface area contributed by atoms with Gasteiger partial charge in [-0.2, -0.15) is 0 Å². The van der Waals surface area contributed by atoms with Crippen molar-refractivity contribution < 1.29 is 9.90 Å². The number of carbonyl (C=O) groups excluding carboxylic acids is 1. The van der Waals surface area contributed by atoms with Crippen LogP contribution < -0.4 is 10.6 Å². The Labute approximate surface area is 172 Å². The molecule has 1 aromatic heterocycles. The maximum absolute atomic E-state index is 12.9. The Bertz CT molecular complexity index is 674. The van der Waals surface area contributed by atoms with E-state index in [0.29, 0.717) is 16.0 Å². The third kappa shape index (κ3) is 4.52. The first-order chi connectivity index (χ1) is 13.6. The molecule has 5 rings (SSSR count). The van der Waals surface area contributed by atoms with Crippen LogP contribution in [0.4, 0.5) is 0 Å². The van der Waals surface area contributed by atoms with Gasteiger partial charge in [0.2, 0.25) is 0 Å². The van der Waals surface area contributed by atoms with Crippen molar-refractivity contribution in [3.05, 3.63) is 28.5 Å². The Morgan fingerprint density at radius 1 is 1.18 bits per heavy atom. The number of rotatable bonds is 9. The van der Waals surface area contributed by atoms with Crippen molar-refractivity contribution in [2.24, 2.45) is 23.2 Å². The van der Waals surface area contributed by atoms with Crippen molar-refractivity contribution >= 4 is 17.5 Å². The molecule has 4 aliphatic rings. The quantitative estimate of drug-likeness (QED) is 0.551. The molecule has 0 aromatic carbocycles. The highest BCUT2D eigenvalue weighted by atomic mass is 35.5. The normalized spacial score (nSPS) is 30.6. The van der Waals surface area contributed by atoms with E-state index in [0.717, 1.165) is 55.9 Å². The van der Waals surface area contributed by atoms with Crippen LogP contribution in [0.15, 0.2) is 12.3 Å². The molecule has 0 unspecified atom stereocenters. The van der Waals surface area contributed by atoms with Gasteiger partial charge in [0.1, 0.15) is 0 Å². The lowest BCUT2D eigenvalue weighted by Gasteiger charge is -2.56. The van der Waals surface area contributed by atoms with Gasteiger partial charge in [-0.15, -0.1) is 0 Å². The average Bonchev–Trinajstić information content (AvgIpc) is 2.66. The number of aromatic nitrogens is 1. The van der Waals surface area contributed by atoms with E-state index >= 15 is 0 Å². The van der Waals surface area contributed by atoms with Crippen LogP contribution in [0.25, 0.3) is 0 Å². The molecule has 1 amide bonds. The van der Waals surface area contributed by atoms with Crippen LogP contribution in [0.1, 0.15) is 61.0 Å². The van der Waals surface area contributed by atoms with E-state index in [-0.39, 0.29) is 12.5 Å². The maximum Gasteiger partial charge on any atom is 0.252 e. The van der Waals surface area contributed by atoms with Gasteiger partial charge in [0.15, 0.2) is 0 Å². The molecule has 4 bridgehead atoms. The molecule has 4 aliphatic carbocycles. The third-order valence-electron chi connectivity index (χ3n) is 7.02. The lowest BCUT2D eigenvalue weighted by atomic mass is 9.49. The summed E-state index contributed by atoms with van der Waals surface area (Å²) in [7, 11) is 0. The predicted octanol–water partition coefficient (Wildman–Crippen LogP) is 3.20. The zero-order valence-electron chi connectivity index (χ0n) is 16.6. The van der Waals surface area contributed by atoms with Crippen LogP contribution in [0.5, 0.6) is 0 Å². The summed E-state index contributed by atoms with van der Waals surface area (Å²) in [4.78, 5) is 17.2. The molecule has 4 saturated carbocycles. The molecule has 0 aliphatic heterocycles. The Morgan fingerprint density at radius 3 is 2.50 bits per heavy atom. The average molecular weight is 406 g/mol. The van der Waals surface area contributed by atoms with Gasteiger partial charge in [0.05, 0.1) is 10.6 Å². The van der Waals surface area contributed by atoms with Gasteiger partial charge < -0.3 is 15.7 Å². The number of hydrogen-bond donors (Lipinski definition) is 3. The van der Waals surface area contributed by atoms with Crippen molar-refractivity contribution in [3.8, 4) is 0 Å². The fourth-order valence-electron chi connectivity index (χ4n) is 6.21. The molecule has 154 valence electrons. The molecule has 4 fully saturated rings. The van der Waals surface area contributed by atoms with Crippen LogP contribution in [-0.4, -0.2) is 42.2 Å². The van der Waals surface area contributed by atoms with Crippen molar-refractivity contribution in [2.45, 2.75) is 51.4 Å². The number of aliphatic hydroxyl groups is 1. The lowest BCUT2D eigenvalue weighted by Crippen LogP contribution is -2.51. The molecular formula is C22H32ClN3O2. The number of nitrogens with one attached hydrogen (secondary N) is 2. The molecule has 0 saturated heterocycles. The number of nitrogens with zero attached hydrogens (tertiary/aromatic N) is 1. The summed E-state index contributed by atoms with van der Waals surface area (Å²) in [5.41, 5.74) is 1.72. The lowest BCUT2D eigenvalue weighted by molar-refractivity contribution is -0.0503. The van der Waals surface area contributed by atoms with E-state index in [4.69, 9.17) is 16.7 Å². The predicted molar refractivity (Wildman–Crippen MR) is 110 cm³/mol. The first kappa shape index (κ1) is 20.1. The summed E-state index contributed by atoms with van der Waals surface area (Å²) in [5.74, 6) is 2.59. The van der Waals surface area contributed by atoms with E-state index in [2.05, 4.69) is 15.6 Å². The Morgan fingerprint density at radius 2 is 1.86 bits per heavy atom. The van der Waals surface area contributed by atoms with Gasteiger partial charge >= 0.3 is 0 Å². The molecule has 0 radical (unpaired) electrons. The summed E-state index contributed by atoms with van der Waals surface area (Å²) in [5, 5.41) is 15.7. The van der Waals surface area contributed by atoms with E-state index in [1.54, 1.807) is 6.20 Å². The van der Waals surface area contributed by atoms with Crippen LogP contribution in [0.2, 0.25) is 5.02 Å². The summed E-state index contributed by atoms with van der Waals surface area (Å²) in [6.45, 7) is 2.53. The van der Waals surface area contributed by atoms with Crippen LogP contribution in [0.3, 0.4) is 0 Å². The fraction of sp³-hybridized carbons (Fsp3) is 0.727. The van der Waals surface area contributed by atoms with E-state index < -0.39 is 0 Å². The second-order valence-electron chi connectivity index (χ2n) is 9.33. The largest absolute Gasteiger partial charge is 0.396 e. The number of amides is 1. The first-order valence-electron chi connectivity index (χ1n) is 10.8. The fourth-order valence-corrected chi connectivity index (χ4v) is 6.40. The van der Waals surface area contributed by atoms with Crippen molar-refractivity contribution in [1.82, 2.24) is 15.6 Å². The van der Waals surface area contributed by atoms with Gasteiger partial charge in [-0.1, -0.05) is 11.6 Å². The van der Waals surface area contributed by atoms with Crippen LogP contribution in [-0.2, 0) is 6.42 Å². The van der Waals surface area contributed by atoms with E-state index in [1.807, 2.05) is 6.07 Å². The molecule has 0 atom stereocenters. The Kier molecular flexibility index (Phi) is 6.24. The van der Waals surface area contributed by atoms with E-state index in [9.17, 15) is 4.79 Å². The topological polar surface area (TPSA) is 74.2 Å². The number of halogens is 1. The third-order valence-corrected chi connectivity index (χ3v) is 7.32. The Balaban J connectivity index is 1.33. The molecule has 0 spiro atoms. The molecular weight excluding hydrogens is 374 g/mol. The minimum atomic E-state index is -0.0716. The van der Waals surface area contributed by atoms with Crippen molar-refractivity contribution in [2.75, 3.05) is 26.2 Å². The highest BCUT2D eigenvalue weighted by molar-refractivity contribution is 6.33. The maximum atomic E-state index is 12.9. The number of aliphatic hydroxyl groups excluding tert-OH is 1. The van der Waals surface area contributed by atoms with Gasteiger partial charge in [-0.25, -0.2) is 0 Å². The van der Waals surface area contributed by atoms with Gasteiger partial charge in [0.25, 0.3) is 5.91 Å². The van der Waals surface area contributed by atoms with Gasteiger partial charge in [0, 0.05) is 38.0 Å². The zero-order valence-corrected chi connectivity index (χ0v) is 17.3. The van der Waals surface area contributed by atoms with Gasteiger partial charge in [-0.05, 0) is 80.7 Å². The molecule has 28 heavy (non-hydrogen) atoms. The van der Waals surface area contributed by atoms with Crippen LogP contribution in [0, 0.1) is 23.2 Å². The monoisotopic (exact) mass is 405 g/mol. The highest BCUT2D eigenvalue weighted by Gasteiger charge is 2.50. The molecule has 3 N–H and O–H groups in total. The second-order valence-corrected chi connectivity index (χ2v) is 9.74. The van der Waals surface area contributed by atoms with Gasteiger partial charge in [-0.3, -0.25) is 9.78 Å². The minimum absolute atomic E-state index is 0.0716. The number of hydrogen-bond acceptors (Lipinski definition) is 4. The molecule has 6 heteroatoms. The SMILES string of the molecule is O=C(NCC12CC3CC(CC(C3)C1)C2)c1cc(CCNCCCO)ncc1Cl. The highest BCUT2D eigenvalue weighted by Crippen LogP contribution is 2.59. The summed E-state index contributed by atoms with van der Waals surface area (Å²) in [6, 6.07) is 1.82. The summed E-state index contributed by atoms with van der Waals surface area (Å²) >= 11 is 6.28. The molecule has 5 nitrogen and oxygen atoms in total. The molecule has 1 heterocycles. The summed E-state index contributed by atoms with van der Waals surface area (Å²) in [6.07, 6.45) is 11.2. The zero-order chi connectivity index (χ0) is 19.6. The number of pyridine rings is 1. The number of carbonyl (C=O) groups is 1. The molecule has 1 aromatic rings. The van der Waals surface area contributed by atoms with Crippen molar-refractivity contribution in [3.63, 3.8) is 0 Å². The van der Waals surface area contributed by atoms with Crippen molar-refractivity contribution in [1.29, 1.82) is 0 Å². The standard InChI is InChI=1S/C22H32ClN3O2/c23-20-13-25-18(2-4-24-3-1-5-27)9-19(20)21(28)26-14-22-10-15-6-16(11-22)8-17(7-15)12-22/h9,13,15-17,24,27H,1-8,10-12,14H2,(H,26,28). The minimum Gasteiger partial charge on any atom is -0.396 e. The van der Waals surface area contributed by atoms with E-state index in [1.165, 1.54) is 38.5 Å². The van der Waals surface area contributed by atoms with Crippen LogP contribution >= 0.6 is 11.6 Å².